The third kappa shape index (κ3) is 4.01. The van der Waals surface area contributed by atoms with Gasteiger partial charge < -0.3 is 9.84 Å². The number of pyridine rings is 1. The van der Waals surface area contributed by atoms with Gasteiger partial charge in [0.1, 0.15) is 0 Å². The van der Waals surface area contributed by atoms with Gasteiger partial charge in [0.2, 0.25) is 0 Å². The van der Waals surface area contributed by atoms with Crippen molar-refractivity contribution in [1.82, 2.24) is 9.88 Å². The minimum atomic E-state index is -0.00190. The topological polar surface area (TPSA) is 45.6 Å². The minimum Gasteiger partial charge on any atom is -0.396 e. The second kappa shape index (κ2) is 7.16. The fourth-order valence-corrected chi connectivity index (χ4v) is 3.09. The number of piperidine rings is 1. The van der Waals surface area contributed by atoms with Crippen molar-refractivity contribution < 1.29 is 9.84 Å². The van der Waals surface area contributed by atoms with Crippen LogP contribution >= 0.6 is 0 Å². The monoisotopic (exact) mass is 278 g/mol. The number of aliphatic hydroxyl groups is 1. The number of methoxy groups -OCH3 is 1. The van der Waals surface area contributed by atoms with E-state index in [0.717, 1.165) is 56.9 Å². The van der Waals surface area contributed by atoms with Gasteiger partial charge in [0.05, 0.1) is 12.3 Å². The number of aliphatic hydroxyl groups excluding tert-OH is 1. The lowest BCUT2D eigenvalue weighted by Crippen LogP contribution is -2.45. The van der Waals surface area contributed by atoms with Gasteiger partial charge in [-0.25, -0.2) is 0 Å². The summed E-state index contributed by atoms with van der Waals surface area (Å²) in [6, 6.07) is 6.17. The summed E-state index contributed by atoms with van der Waals surface area (Å²) in [5.74, 6) is 0. The van der Waals surface area contributed by atoms with Crippen LogP contribution in [0.1, 0.15) is 30.7 Å². The lowest BCUT2D eigenvalue weighted by Gasteiger charge is -2.41. The van der Waals surface area contributed by atoms with Crippen molar-refractivity contribution in [2.45, 2.75) is 32.7 Å². The van der Waals surface area contributed by atoms with Gasteiger partial charge in [-0.2, -0.15) is 0 Å². The Morgan fingerprint density at radius 2 is 2.30 bits per heavy atom. The maximum Gasteiger partial charge on any atom is 0.0547 e. The van der Waals surface area contributed by atoms with E-state index in [2.05, 4.69) is 22.0 Å². The summed E-state index contributed by atoms with van der Waals surface area (Å²) in [5.41, 5.74) is 2.18. The molecule has 1 saturated heterocycles. The van der Waals surface area contributed by atoms with Crippen LogP contribution in [0.15, 0.2) is 18.2 Å². The lowest BCUT2D eigenvalue weighted by molar-refractivity contribution is 0.00437. The van der Waals surface area contributed by atoms with Crippen LogP contribution in [-0.2, 0) is 11.3 Å². The molecule has 1 N–H and O–H groups in total. The fraction of sp³-hybridized carbons (Fsp3) is 0.688. The van der Waals surface area contributed by atoms with E-state index in [-0.39, 0.29) is 12.0 Å². The molecule has 0 spiro atoms. The van der Waals surface area contributed by atoms with Gasteiger partial charge in [-0.05, 0) is 44.9 Å². The van der Waals surface area contributed by atoms with Crippen molar-refractivity contribution in [1.29, 1.82) is 0 Å². The number of hydrogen-bond acceptors (Lipinski definition) is 4. The van der Waals surface area contributed by atoms with E-state index in [0.29, 0.717) is 0 Å². The predicted molar refractivity (Wildman–Crippen MR) is 79.5 cm³/mol. The first-order chi connectivity index (χ1) is 9.67. The van der Waals surface area contributed by atoms with Crippen LogP contribution in [0.5, 0.6) is 0 Å². The van der Waals surface area contributed by atoms with Crippen molar-refractivity contribution in [2.75, 3.05) is 33.4 Å². The van der Waals surface area contributed by atoms with Crippen molar-refractivity contribution in [3.63, 3.8) is 0 Å². The Morgan fingerprint density at radius 3 is 3.00 bits per heavy atom. The quantitative estimate of drug-likeness (QED) is 0.864. The normalized spacial score (nSPS) is 23.9. The zero-order valence-corrected chi connectivity index (χ0v) is 12.6. The molecule has 0 radical (unpaired) electrons. The molecule has 0 aromatic carbocycles. The molecule has 0 aliphatic carbocycles. The molecular formula is C16H26N2O2. The first-order valence-electron chi connectivity index (χ1n) is 7.42. The van der Waals surface area contributed by atoms with Crippen molar-refractivity contribution in [3.8, 4) is 0 Å². The highest BCUT2D eigenvalue weighted by atomic mass is 16.5. The van der Waals surface area contributed by atoms with Crippen LogP contribution in [0.3, 0.4) is 0 Å². The molecule has 2 heterocycles. The summed E-state index contributed by atoms with van der Waals surface area (Å²) < 4.78 is 5.20. The van der Waals surface area contributed by atoms with Gasteiger partial charge in [0.25, 0.3) is 0 Å². The molecule has 4 heteroatoms. The van der Waals surface area contributed by atoms with Crippen molar-refractivity contribution >= 4 is 0 Å². The first-order valence-corrected chi connectivity index (χ1v) is 7.42. The van der Waals surface area contributed by atoms with Crippen LogP contribution in [0.4, 0.5) is 0 Å². The molecule has 4 nitrogen and oxygen atoms in total. The third-order valence-electron chi connectivity index (χ3n) is 4.24. The molecule has 1 aromatic heterocycles. The Labute approximate surface area is 121 Å². The summed E-state index contributed by atoms with van der Waals surface area (Å²) in [6.45, 7) is 5.88. The van der Waals surface area contributed by atoms with Crippen LogP contribution in [0.2, 0.25) is 0 Å². The fourth-order valence-electron chi connectivity index (χ4n) is 3.09. The maximum absolute atomic E-state index is 9.80. The highest BCUT2D eigenvalue weighted by Crippen LogP contribution is 2.33. The van der Waals surface area contributed by atoms with E-state index in [1.807, 2.05) is 13.0 Å². The number of ether oxygens (including phenoxy) is 1. The summed E-state index contributed by atoms with van der Waals surface area (Å²) in [6.07, 6.45) is 3.15. The van der Waals surface area contributed by atoms with Gasteiger partial charge in [0.15, 0.2) is 0 Å². The molecular weight excluding hydrogens is 252 g/mol. The molecule has 1 atom stereocenters. The number of hydrogen-bond donors (Lipinski definition) is 1. The average Bonchev–Trinajstić information content (AvgIpc) is 2.45. The van der Waals surface area contributed by atoms with Crippen LogP contribution < -0.4 is 0 Å². The molecule has 1 fully saturated rings. The maximum atomic E-state index is 9.80. The van der Waals surface area contributed by atoms with Gasteiger partial charge in [-0.1, -0.05) is 6.07 Å². The van der Waals surface area contributed by atoms with Crippen molar-refractivity contribution in [3.05, 3.63) is 29.6 Å². The summed E-state index contributed by atoms with van der Waals surface area (Å²) >= 11 is 0. The second-order valence-corrected chi connectivity index (χ2v) is 5.99. The first kappa shape index (κ1) is 15.4. The van der Waals surface area contributed by atoms with E-state index in [1.165, 1.54) is 0 Å². The number of likely N-dealkylation sites (tertiary alicyclic amines) is 1. The predicted octanol–water partition coefficient (Wildman–Crippen LogP) is 2.00. The van der Waals surface area contributed by atoms with Gasteiger partial charge in [-0.15, -0.1) is 0 Å². The lowest BCUT2D eigenvalue weighted by atomic mass is 9.78. The standard InChI is InChI=1S/C16H26N2O2/c1-14-5-3-6-15(17-14)11-18-9-4-7-16(12-18,13-19)8-10-20-2/h3,5-6,19H,4,7-13H2,1-2H3. The van der Waals surface area contributed by atoms with Gasteiger partial charge >= 0.3 is 0 Å². The minimum absolute atomic E-state index is 0.00190. The molecule has 20 heavy (non-hydrogen) atoms. The number of rotatable bonds is 6. The number of aromatic nitrogens is 1. The Hall–Kier alpha value is -0.970. The Morgan fingerprint density at radius 1 is 1.45 bits per heavy atom. The molecule has 1 aromatic rings. The van der Waals surface area contributed by atoms with E-state index in [4.69, 9.17) is 4.74 Å². The van der Waals surface area contributed by atoms with Crippen molar-refractivity contribution in [2.24, 2.45) is 5.41 Å². The van der Waals surface area contributed by atoms with E-state index < -0.39 is 0 Å². The second-order valence-electron chi connectivity index (χ2n) is 5.99. The molecule has 0 amide bonds. The Balaban J connectivity index is 1.98. The van der Waals surface area contributed by atoms with Gasteiger partial charge in [-0.3, -0.25) is 9.88 Å². The van der Waals surface area contributed by atoms with E-state index >= 15 is 0 Å². The molecule has 0 bridgehead atoms. The highest BCUT2D eigenvalue weighted by molar-refractivity contribution is 5.10. The summed E-state index contributed by atoms with van der Waals surface area (Å²) in [4.78, 5) is 6.99. The van der Waals surface area contributed by atoms with Crippen LogP contribution in [0, 0.1) is 12.3 Å². The highest BCUT2D eigenvalue weighted by Gasteiger charge is 2.34. The van der Waals surface area contributed by atoms with Crippen LogP contribution in [0.25, 0.3) is 0 Å². The van der Waals surface area contributed by atoms with Gasteiger partial charge in [0, 0.05) is 37.9 Å². The van der Waals surface area contributed by atoms with E-state index in [9.17, 15) is 5.11 Å². The molecule has 1 unspecified atom stereocenters. The Kier molecular flexibility index (Phi) is 5.52. The largest absolute Gasteiger partial charge is 0.396 e. The third-order valence-corrected chi connectivity index (χ3v) is 4.24. The zero-order chi connectivity index (χ0) is 14.4. The zero-order valence-electron chi connectivity index (χ0n) is 12.6. The van der Waals surface area contributed by atoms with E-state index in [1.54, 1.807) is 7.11 Å². The molecule has 112 valence electrons. The molecule has 1 aliphatic heterocycles. The SMILES string of the molecule is COCCC1(CO)CCCN(Cc2cccc(C)n2)C1. The molecule has 1 aliphatic rings. The average molecular weight is 278 g/mol. The number of nitrogens with zero attached hydrogens (tertiary/aromatic N) is 2. The smallest absolute Gasteiger partial charge is 0.0547 e. The molecule has 2 rings (SSSR count). The number of aryl methyl sites for hydroxylation is 1. The van der Waals surface area contributed by atoms with Crippen LogP contribution in [-0.4, -0.2) is 48.4 Å². The molecule has 0 saturated carbocycles. The Bertz CT molecular complexity index is 425. The summed E-state index contributed by atoms with van der Waals surface area (Å²) in [5, 5.41) is 9.80. The summed E-state index contributed by atoms with van der Waals surface area (Å²) in [7, 11) is 1.72.